The largest absolute Gasteiger partial charge is 0.464 e. The molecule has 0 atom stereocenters. The molecule has 0 saturated carbocycles. The molecule has 0 aliphatic carbocycles. The molecule has 1 amide bonds. The molecular formula is C24H23NO4. The Morgan fingerprint density at radius 3 is 2.55 bits per heavy atom. The summed E-state index contributed by atoms with van der Waals surface area (Å²) in [5.74, 6) is -0.126. The van der Waals surface area contributed by atoms with E-state index in [9.17, 15) is 9.59 Å². The number of aryl methyl sites for hydroxylation is 4. The van der Waals surface area contributed by atoms with E-state index in [1.807, 2.05) is 52.0 Å². The molecule has 2 aromatic carbocycles. The van der Waals surface area contributed by atoms with Crippen LogP contribution in [0.15, 0.2) is 50.2 Å². The summed E-state index contributed by atoms with van der Waals surface area (Å²) in [5, 5.41) is 4.80. The van der Waals surface area contributed by atoms with E-state index in [0.717, 1.165) is 38.7 Å². The van der Waals surface area contributed by atoms with Gasteiger partial charge >= 0.3 is 5.63 Å². The van der Waals surface area contributed by atoms with Gasteiger partial charge in [0, 0.05) is 34.5 Å². The van der Waals surface area contributed by atoms with Crippen molar-refractivity contribution < 1.29 is 13.6 Å². The molecule has 0 fully saturated rings. The summed E-state index contributed by atoms with van der Waals surface area (Å²) in [6.07, 6.45) is 2.22. The van der Waals surface area contributed by atoms with Crippen LogP contribution in [0.3, 0.4) is 0 Å². The molecular weight excluding hydrogens is 366 g/mol. The van der Waals surface area contributed by atoms with Crippen LogP contribution in [0.2, 0.25) is 0 Å². The minimum absolute atomic E-state index is 0.126. The zero-order valence-electron chi connectivity index (χ0n) is 17.0. The van der Waals surface area contributed by atoms with E-state index >= 15 is 0 Å². The lowest BCUT2D eigenvalue weighted by atomic mass is 10.0. The maximum Gasteiger partial charge on any atom is 0.339 e. The molecule has 0 unspecified atom stereocenters. The third-order valence-electron chi connectivity index (χ3n) is 5.44. The van der Waals surface area contributed by atoms with Crippen molar-refractivity contribution >= 4 is 33.5 Å². The molecule has 0 aliphatic heterocycles. The SMILES string of the molecule is Cc1ccc(C)c(NC(=O)CCc2c(C)c3cc4c(C)coc4cc3oc2=O)c1. The Morgan fingerprint density at radius 2 is 1.76 bits per heavy atom. The maximum absolute atomic E-state index is 12.5. The summed E-state index contributed by atoms with van der Waals surface area (Å²) in [5.41, 5.74) is 6.08. The lowest BCUT2D eigenvalue weighted by molar-refractivity contribution is -0.116. The van der Waals surface area contributed by atoms with Crippen molar-refractivity contribution in [3.63, 3.8) is 0 Å². The highest BCUT2D eigenvalue weighted by Crippen LogP contribution is 2.29. The number of rotatable bonds is 4. The fourth-order valence-corrected chi connectivity index (χ4v) is 3.65. The second kappa shape index (κ2) is 7.24. The van der Waals surface area contributed by atoms with Gasteiger partial charge in [-0.15, -0.1) is 0 Å². The van der Waals surface area contributed by atoms with Crippen LogP contribution in [-0.2, 0) is 11.2 Å². The first kappa shape index (κ1) is 19.0. The summed E-state index contributed by atoms with van der Waals surface area (Å²) < 4.78 is 11.0. The Morgan fingerprint density at radius 1 is 0.966 bits per heavy atom. The summed E-state index contributed by atoms with van der Waals surface area (Å²) in [7, 11) is 0. The summed E-state index contributed by atoms with van der Waals surface area (Å²) >= 11 is 0. The van der Waals surface area contributed by atoms with E-state index < -0.39 is 5.63 Å². The smallest absolute Gasteiger partial charge is 0.339 e. The zero-order valence-corrected chi connectivity index (χ0v) is 17.0. The van der Waals surface area contributed by atoms with Crippen LogP contribution in [-0.4, -0.2) is 5.91 Å². The van der Waals surface area contributed by atoms with Gasteiger partial charge in [0.1, 0.15) is 11.2 Å². The molecule has 0 aliphatic rings. The molecule has 5 heteroatoms. The number of amides is 1. The van der Waals surface area contributed by atoms with Crippen LogP contribution in [0, 0.1) is 27.7 Å². The van der Waals surface area contributed by atoms with Gasteiger partial charge in [-0.1, -0.05) is 12.1 Å². The van der Waals surface area contributed by atoms with Crippen molar-refractivity contribution in [3.05, 3.63) is 74.8 Å². The number of hydrogen-bond donors (Lipinski definition) is 1. The Balaban J connectivity index is 1.61. The van der Waals surface area contributed by atoms with E-state index in [-0.39, 0.29) is 12.3 Å². The van der Waals surface area contributed by atoms with Gasteiger partial charge in [-0.2, -0.15) is 0 Å². The summed E-state index contributed by atoms with van der Waals surface area (Å²) in [6.45, 7) is 7.82. The Labute approximate surface area is 168 Å². The number of carbonyl (C=O) groups is 1. The topological polar surface area (TPSA) is 72.5 Å². The maximum atomic E-state index is 12.5. The third kappa shape index (κ3) is 3.56. The number of benzene rings is 2. The monoisotopic (exact) mass is 389 g/mol. The first-order valence-corrected chi connectivity index (χ1v) is 9.64. The number of carbonyl (C=O) groups excluding carboxylic acids is 1. The first-order chi connectivity index (χ1) is 13.8. The molecule has 0 bridgehead atoms. The van der Waals surface area contributed by atoms with Crippen molar-refractivity contribution in [2.45, 2.75) is 40.5 Å². The quantitative estimate of drug-likeness (QED) is 0.478. The van der Waals surface area contributed by atoms with E-state index in [1.165, 1.54) is 0 Å². The zero-order chi connectivity index (χ0) is 20.7. The van der Waals surface area contributed by atoms with Gasteiger partial charge in [0.25, 0.3) is 0 Å². The standard InChI is InChI=1S/C24H23NO4/c1-13-5-6-14(2)20(9-13)25-23(26)8-7-17-16(4)19-10-18-15(3)12-28-21(18)11-22(19)29-24(17)27/h5-6,9-12H,7-8H2,1-4H3,(H,25,26). The third-order valence-corrected chi connectivity index (χ3v) is 5.44. The molecule has 0 spiro atoms. The van der Waals surface area contributed by atoms with Crippen LogP contribution < -0.4 is 10.9 Å². The highest BCUT2D eigenvalue weighted by Gasteiger charge is 2.15. The lowest BCUT2D eigenvalue weighted by Gasteiger charge is -2.10. The number of anilines is 1. The number of fused-ring (bicyclic) bond motifs is 2. The van der Waals surface area contributed by atoms with Gasteiger partial charge in [-0.05, 0) is 68.5 Å². The van der Waals surface area contributed by atoms with Crippen molar-refractivity contribution in [2.24, 2.45) is 0 Å². The fourth-order valence-electron chi connectivity index (χ4n) is 3.65. The Hall–Kier alpha value is -3.34. The molecule has 29 heavy (non-hydrogen) atoms. The van der Waals surface area contributed by atoms with Gasteiger partial charge in [-0.25, -0.2) is 4.79 Å². The molecule has 0 radical (unpaired) electrons. The molecule has 4 aromatic rings. The lowest BCUT2D eigenvalue weighted by Crippen LogP contribution is -2.17. The molecule has 0 saturated heterocycles. The van der Waals surface area contributed by atoms with Gasteiger partial charge < -0.3 is 14.2 Å². The van der Waals surface area contributed by atoms with Crippen LogP contribution in [0.4, 0.5) is 5.69 Å². The normalized spacial score (nSPS) is 11.3. The van der Waals surface area contributed by atoms with Gasteiger partial charge in [0.05, 0.1) is 6.26 Å². The molecule has 148 valence electrons. The summed E-state index contributed by atoms with van der Waals surface area (Å²) in [4.78, 5) is 25.0. The second-order valence-corrected chi connectivity index (χ2v) is 7.62. The predicted octanol–water partition coefficient (Wildman–Crippen LogP) is 5.34. The van der Waals surface area contributed by atoms with E-state index in [0.29, 0.717) is 23.2 Å². The van der Waals surface area contributed by atoms with Crippen LogP contribution in [0.1, 0.15) is 34.2 Å². The average Bonchev–Trinajstić information content (AvgIpc) is 3.03. The van der Waals surface area contributed by atoms with E-state index in [1.54, 1.807) is 12.3 Å². The molecule has 2 heterocycles. The van der Waals surface area contributed by atoms with Crippen molar-refractivity contribution in [2.75, 3.05) is 5.32 Å². The van der Waals surface area contributed by atoms with Gasteiger partial charge in [-0.3, -0.25) is 4.79 Å². The van der Waals surface area contributed by atoms with Crippen molar-refractivity contribution in [1.82, 2.24) is 0 Å². The average molecular weight is 389 g/mol. The Kier molecular flexibility index (Phi) is 4.74. The number of nitrogens with one attached hydrogen (secondary N) is 1. The Bertz CT molecular complexity index is 1310. The second-order valence-electron chi connectivity index (χ2n) is 7.62. The molecule has 5 nitrogen and oxygen atoms in total. The van der Waals surface area contributed by atoms with Crippen LogP contribution in [0.5, 0.6) is 0 Å². The van der Waals surface area contributed by atoms with Gasteiger partial charge in [0.2, 0.25) is 5.91 Å². The molecule has 1 N–H and O–H groups in total. The summed E-state index contributed by atoms with van der Waals surface area (Å²) in [6, 6.07) is 9.67. The first-order valence-electron chi connectivity index (χ1n) is 9.64. The van der Waals surface area contributed by atoms with E-state index in [2.05, 4.69) is 5.32 Å². The predicted molar refractivity (Wildman–Crippen MR) is 115 cm³/mol. The fraction of sp³-hybridized carbons (Fsp3) is 0.250. The van der Waals surface area contributed by atoms with Gasteiger partial charge in [0.15, 0.2) is 0 Å². The minimum Gasteiger partial charge on any atom is -0.464 e. The highest BCUT2D eigenvalue weighted by atomic mass is 16.4. The van der Waals surface area contributed by atoms with Crippen LogP contribution in [0.25, 0.3) is 21.9 Å². The van der Waals surface area contributed by atoms with Crippen molar-refractivity contribution in [1.29, 1.82) is 0 Å². The number of hydrogen-bond acceptors (Lipinski definition) is 4. The molecule has 4 rings (SSSR count). The van der Waals surface area contributed by atoms with Crippen molar-refractivity contribution in [3.8, 4) is 0 Å². The molecule has 2 aromatic heterocycles. The number of furan rings is 1. The minimum atomic E-state index is -0.405. The van der Waals surface area contributed by atoms with E-state index in [4.69, 9.17) is 8.83 Å². The highest BCUT2D eigenvalue weighted by molar-refractivity contribution is 5.96. The van der Waals surface area contributed by atoms with Crippen LogP contribution >= 0.6 is 0 Å².